The van der Waals surface area contributed by atoms with Gasteiger partial charge in [-0.15, -0.1) is 11.8 Å². The molecule has 140 valence electrons. The van der Waals surface area contributed by atoms with Gasteiger partial charge < -0.3 is 10.3 Å². The number of thioether (sulfide) groups is 1. The van der Waals surface area contributed by atoms with Crippen LogP contribution in [0, 0.1) is 4.77 Å². The van der Waals surface area contributed by atoms with E-state index in [2.05, 4.69) is 22.4 Å². The highest BCUT2D eigenvalue weighted by Crippen LogP contribution is 2.17. The molecular formula is C20H21N3O2S2. The Morgan fingerprint density at radius 1 is 1.22 bits per heavy atom. The normalized spacial score (nSPS) is 10.9. The van der Waals surface area contributed by atoms with Crippen molar-refractivity contribution in [2.45, 2.75) is 24.8 Å². The molecule has 0 bridgehead atoms. The number of carbonyl (C=O) groups excluding carboxylic acids is 1. The van der Waals surface area contributed by atoms with Gasteiger partial charge in [-0.25, -0.2) is 0 Å². The summed E-state index contributed by atoms with van der Waals surface area (Å²) < 4.78 is 1.87. The second-order valence-electron chi connectivity index (χ2n) is 6.01. The summed E-state index contributed by atoms with van der Waals surface area (Å²) >= 11 is 6.99. The zero-order valence-corrected chi connectivity index (χ0v) is 16.7. The van der Waals surface area contributed by atoms with Gasteiger partial charge in [-0.1, -0.05) is 18.2 Å². The number of aromatic nitrogens is 2. The predicted octanol–water partition coefficient (Wildman–Crippen LogP) is 3.99. The van der Waals surface area contributed by atoms with Crippen LogP contribution in [0.4, 0.5) is 0 Å². The molecule has 3 aromatic rings. The van der Waals surface area contributed by atoms with E-state index in [1.807, 2.05) is 25.1 Å². The molecule has 1 heterocycles. The van der Waals surface area contributed by atoms with Crippen molar-refractivity contribution in [1.29, 1.82) is 0 Å². The SMILES string of the molecule is CCn1c(=S)[nH]c2cc(C(=O)NCCCSc3ccccc3)ccc2c1=O. The summed E-state index contributed by atoms with van der Waals surface area (Å²) in [5, 5.41) is 3.46. The zero-order valence-electron chi connectivity index (χ0n) is 15.0. The summed E-state index contributed by atoms with van der Waals surface area (Å²) in [4.78, 5) is 29.0. The van der Waals surface area contributed by atoms with Crippen molar-refractivity contribution < 1.29 is 4.79 Å². The Bertz CT molecular complexity index is 1060. The van der Waals surface area contributed by atoms with Crippen molar-refractivity contribution in [3.8, 4) is 0 Å². The van der Waals surface area contributed by atoms with Crippen molar-refractivity contribution in [3.05, 3.63) is 69.2 Å². The third-order valence-corrected chi connectivity index (χ3v) is 5.60. The fourth-order valence-electron chi connectivity index (χ4n) is 2.77. The molecular weight excluding hydrogens is 378 g/mol. The van der Waals surface area contributed by atoms with Gasteiger partial charge in [0.2, 0.25) is 0 Å². The van der Waals surface area contributed by atoms with Crippen molar-refractivity contribution >= 4 is 40.8 Å². The number of nitrogens with one attached hydrogen (secondary N) is 2. The smallest absolute Gasteiger partial charge is 0.262 e. The fourth-order valence-corrected chi connectivity index (χ4v) is 3.96. The second-order valence-corrected chi connectivity index (χ2v) is 7.57. The van der Waals surface area contributed by atoms with E-state index in [4.69, 9.17) is 12.2 Å². The van der Waals surface area contributed by atoms with Crippen LogP contribution >= 0.6 is 24.0 Å². The Balaban J connectivity index is 1.60. The molecule has 5 nitrogen and oxygen atoms in total. The molecule has 0 atom stereocenters. The summed E-state index contributed by atoms with van der Waals surface area (Å²) in [7, 11) is 0. The first-order valence-corrected chi connectivity index (χ1v) is 10.2. The molecule has 7 heteroatoms. The average molecular weight is 400 g/mol. The molecule has 2 N–H and O–H groups in total. The maximum Gasteiger partial charge on any atom is 0.262 e. The highest BCUT2D eigenvalue weighted by molar-refractivity contribution is 7.99. The van der Waals surface area contributed by atoms with Crippen molar-refractivity contribution in [2.75, 3.05) is 12.3 Å². The number of rotatable bonds is 7. The Kier molecular flexibility index (Phi) is 6.47. The molecule has 0 spiro atoms. The monoisotopic (exact) mass is 399 g/mol. The van der Waals surface area contributed by atoms with E-state index in [0.717, 1.165) is 12.2 Å². The molecule has 0 aliphatic heterocycles. The van der Waals surface area contributed by atoms with E-state index in [0.29, 0.717) is 34.3 Å². The lowest BCUT2D eigenvalue weighted by Gasteiger charge is -2.08. The van der Waals surface area contributed by atoms with Crippen LogP contribution in [0.5, 0.6) is 0 Å². The Hall–Kier alpha value is -2.38. The van der Waals surface area contributed by atoms with Gasteiger partial charge in [0, 0.05) is 23.5 Å². The number of aromatic amines is 1. The summed E-state index contributed by atoms with van der Waals surface area (Å²) in [6, 6.07) is 15.2. The van der Waals surface area contributed by atoms with Crippen LogP contribution in [0.15, 0.2) is 58.2 Å². The molecule has 2 aromatic carbocycles. The quantitative estimate of drug-likeness (QED) is 0.358. The molecule has 1 amide bonds. The minimum absolute atomic E-state index is 0.138. The summed E-state index contributed by atoms with van der Waals surface area (Å²) in [6.45, 7) is 2.98. The first kappa shape index (κ1) is 19.4. The first-order valence-electron chi connectivity index (χ1n) is 8.83. The lowest BCUT2D eigenvalue weighted by atomic mass is 10.1. The predicted molar refractivity (Wildman–Crippen MR) is 113 cm³/mol. The van der Waals surface area contributed by atoms with Crippen LogP contribution in [0.1, 0.15) is 23.7 Å². The summed E-state index contributed by atoms with van der Waals surface area (Å²) in [5.41, 5.74) is 0.959. The standard InChI is InChI=1S/C20H21N3O2S2/c1-2-23-19(25)16-10-9-14(13-17(16)22-20(23)26)18(24)21-11-6-12-27-15-7-4-3-5-8-15/h3-5,7-10,13H,2,6,11-12H2,1H3,(H,21,24)(H,22,26). The van der Waals surface area contributed by atoms with Gasteiger partial charge in [0.15, 0.2) is 4.77 Å². The van der Waals surface area contributed by atoms with Crippen LogP contribution in [-0.2, 0) is 6.54 Å². The summed E-state index contributed by atoms with van der Waals surface area (Å²) in [6.07, 6.45) is 0.878. The number of hydrogen-bond acceptors (Lipinski definition) is 4. The maximum absolute atomic E-state index is 12.4. The highest BCUT2D eigenvalue weighted by atomic mass is 32.2. The van der Waals surface area contributed by atoms with Gasteiger partial charge in [-0.3, -0.25) is 14.2 Å². The van der Waals surface area contributed by atoms with E-state index in [1.54, 1.807) is 30.0 Å². The largest absolute Gasteiger partial charge is 0.352 e. The second kappa shape index (κ2) is 9.01. The number of hydrogen-bond donors (Lipinski definition) is 2. The van der Waals surface area contributed by atoms with E-state index in [-0.39, 0.29) is 11.5 Å². The van der Waals surface area contributed by atoms with Crippen molar-refractivity contribution in [2.24, 2.45) is 0 Å². The van der Waals surface area contributed by atoms with Gasteiger partial charge in [0.1, 0.15) is 0 Å². The summed E-state index contributed by atoms with van der Waals surface area (Å²) in [5.74, 6) is 0.784. The van der Waals surface area contributed by atoms with Crippen LogP contribution in [0.3, 0.4) is 0 Å². The number of nitrogens with zero attached hydrogens (tertiary/aromatic N) is 1. The number of carbonyl (C=O) groups is 1. The van der Waals surface area contributed by atoms with Crippen LogP contribution in [0.25, 0.3) is 10.9 Å². The molecule has 0 saturated carbocycles. The Morgan fingerprint density at radius 3 is 2.74 bits per heavy atom. The maximum atomic E-state index is 12.4. The van der Waals surface area contributed by atoms with Crippen LogP contribution in [0.2, 0.25) is 0 Å². The third kappa shape index (κ3) is 4.67. The number of fused-ring (bicyclic) bond motifs is 1. The number of H-pyrrole nitrogens is 1. The van der Waals surface area contributed by atoms with E-state index >= 15 is 0 Å². The Labute approximate surface area is 166 Å². The lowest BCUT2D eigenvalue weighted by molar-refractivity contribution is 0.0954. The van der Waals surface area contributed by atoms with Gasteiger partial charge >= 0.3 is 0 Å². The average Bonchev–Trinajstić information content (AvgIpc) is 2.68. The molecule has 1 aromatic heterocycles. The van der Waals surface area contributed by atoms with Crippen molar-refractivity contribution in [1.82, 2.24) is 14.9 Å². The topological polar surface area (TPSA) is 66.9 Å². The van der Waals surface area contributed by atoms with Gasteiger partial charge in [0.25, 0.3) is 11.5 Å². The minimum Gasteiger partial charge on any atom is -0.352 e. The highest BCUT2D eigenvalue weighted by Gasteiger charge is 2.09. The van der Waals surface area contributed by atoms with Gasteiger partial charge in [-0.05, 0) is 61.6 Å². The lowest BCUT2D eigenvalue weighted by Crippen LogP contribution is -2.25. The molecule has 0 radical (unpaired) electrons. The minimum atomic E-state index is -0.152. The first-order chi connectivity index (χ1) is 13.1. The molecule has 3 rings (SSSR count). The van der Waals surface area contributed by atoms with Gasteiger partial charge in [0.05, 0.1) is 10.9 Å². The van der Waals surface area contributed by atoms with E-state index in [1.165, 1.54) is 9.46 Å². The third-order valence-electron chi connectivity index (χ3n) is 4.18. The molecule has 0 aliphatic rings. The molecule has 0 fully saturated rings. The van der Waals surface area contributed by atoms with Crippen molar-refractivity contribution in [3.63, 3.8) is 0 Å². The molecule has 0 aliphatic carbocycles. The van der Waals surface area contributed by atoms with Crippen LogP contribution < -0.4 is 10.9 Å². The van der Waals surface area contributed by atoms with E-state index in [9.17, 15) is 9.59 Å². The Morgan fingerprint density at radius 2 is 2.00 bits per heavy atom. The molecule has 0 saturated heterocycles. The van der Waals surface area contributed by atoms with Gasteiger partial charge in [-0.2, -0.15) is 0 Å². The molecule has 0 unspecified atom stereocenters. The fraction of sp³-hybridized carbons (Fsp3) is 0.250. The number of amides is 1. The number of benzene rings is 2. The zero-order chi connectivity index (χ0) is 19.2. The van der Waals surface area contributed by atoms with Crippen LogP contribution in [-0.4, -0.2) is 27.8 Å². The van der Waals surface area contributed by atoms with E-state index < -0.39 is 0 Å². The molecule has 27 heavy (non-hydrogen) atoms.